The lowest BCUT2D eigenvalue weighted by Crippen LogP contribution is -2.22. The Hall–Kier alpha value is -1.30. The van der Waals surface area contributed by atoms with E-state index in [2.05, 4.69) is 24.1 Å². The van der Waals surface area contributed by atoms with E-state index in [9.17, 15) is 0 Å². The van der Waals surface area contributed by atoms with Crippen molar-refractivity contribution >= 4 is 22.9 Å². The summed E-state index contributed by atoms with van der Waals surface area (Å²) in [5, 5.41) is 4.01. The van der Waals surface area contributed by atoms with E-state index in [0.29, 0.717) is 30.0 Å². The molecule has 0 aliphatic carbocycles. The van der Waals surface area contributed by atoms with Gasteiger partial charge in [-0.05, 0) is 6.07 Å². The van der Waals surface area contributed by atoms with Gasteiger partial charge in [0.1, 0.15) is 6.61 Å². The van der Waals surface area contributed by atoms with Crippen molar-refractivity contribution in [3.63, 3.8) is 0 Å². The van der Waals surface area contributed by atoms with Crippen molar-refractivity contribution < 1.29 is 9.47 Å². The van der Waals surface area contributed by atoms with Crippen molar-refractivity contribution in [2.75, 3.05) is 7.11 Å². The number of nitrogens with one attached hydrogen (secondary N) is 1. The highest BCUT2D eigenvalue weighted by atomic mass is 35.5. The largest absolute Gasteiger partial charge is 0.493 e. The number of benzene rings is 1. The van der Waals surface area contributed by atoms with Crippen LogP contribution in [0.25, 0.3) is 0 Å². The van der Waals surface area contributed by atoms with Gasteiger partial charge in [-0.2, -0.15) is 0 Å². The summed E-state index contributed by atoms with van der Waals surface area (Å²) in [6, 6.07) is 4.05. The third kappa shape index (κ3) is 4.59. The maximum absolute atomic E-state index is 6.14. The van der Waals surface area contributed by atoms with E-state index in [4.69, 9.17) is 21.1 Å². The second kappa shape index (κ2) is 7.64. The molecule has 1 heterocycles. The van der Waals surface area contributed by atoms with E-state index in [1.807, 2.05) is 6.07 Å². The Balaban J connectivity index is 2.21. The van der Waals surface area contributed by atoms with Crippen LogP contribution in [0.3, 0.4) is 0 Å². The highest BCUT2D eigenvalue weighted by Gasteiger charge is 2.14. The van der Waals surface area contributed by atoms with E-state index in [1.54, 1.807) is 36.2 Å². The molecule has 0 fully saturated rings. The number of hydrogen-bond acceptors (Lipinski definition) is 5. The van der Waals surface area contributed by atoms with Gasteiger partial charge in [0.2, 0.25) is 0 Å². The molecule has 0 aliphatic heterocycles. The average Bonchev–Trinajstić information content (AvgIpc) is 2.96. The Bertz CT molecular complexity index is 573. The van der Waals surface area contributed by atoms with Crippen LogP contribution in [0.5, 0.6) is 11.5 Å². The molecule has 114 valence electrons. The molecule has 2 aromatic rings. The van der Waals surface area contributed by atoms with E-state index < -0.39 is 0 Å². The molecule has 0 atom stereocenters. The second-order valence-corrected chi connectivity index (χ2v) is 6.30. The zero-order valence-corrected chi connectivity index (χ0v) is 13.9. The molecule has 1 N–H and O–H groups in total. The van der Waals surface area contributed by atoms with Gasteiger partial charge in [0.15, 0.2) is 11.5 Å². The monoisotopic (exact) mass is 326 g/mol. The normalized spacial score (nSPS) is 10.9. The van der Waals surface area contributed by atoms with E-state index >= 15 is 0 Å². The molecule has 0 amide bonds. The van der Waals surface area contributed by atoms with Gasteiger partial charge in [-0.25, -0.2) is 0 Å². The number of nitrogens with zero attached hydrogens (tertiary/aromatic N) is 1. The third-order valence-corrected chi connectivity index (χ3v) is 3.83. The van der Waals surface area contributed by atoms with E-state index in [0.717, 1.165) is 16.2 Å². The lowest BCUT2D eigenvalue weighted by molar-refractivity contribution is 0.283. The number of ether oxygens (including phenoxy) is 2. The molecule has 0 aliphatic rings. The van der Waals surface area contributed by atoms with E-state index in [1.165, 1.54) is 0 Å². The number of aromatic nitrogens is 1. The highest BCUT2D eigenvalue weighted by Crippen LogP contribution is 2.35. The third-order valence-electron chi connectivity index (χ3n) is 2.86. The molecular formula is C15H19ClN2O2S. The number of methoxy groups -OCH3 is 1. The molecule has 0 bridgehead atoms. The Morgan fingerprint density at radius 2 is 2.19 bits per heavy atom. The zero-order valence-electron chi connectivity index (χ0n) is 12.4. The number of hydrogen-bond donors (Lipinski definition) is 1. The second-order valence-electron chi connectivity index (χ2n) is 4.89. The Labute approximate surface area is 134 Å². The van der Waals surface area contributed by atoms with Crippen molar-refractivity contribution in [1.82, 2.24) is 10.3 Å². The topological polar surface area (TPSA) is 43.4 Å². The molecule has 6 heteroatoms. The summed E-state index contributed by atoms with van der Waals surface area (Å²) < 4.78 is 11.3. The summed E-state index contributed by atoms with van der Waals surface area (Å²) in [6.45, 7) is 5.34. The molecule has 0 saturated heterocycles. The van der Waals surface area contributed by atoms with Crippen LogP contribution >= 0.6 is 22.9 Å². The summed E-state index contributed by atoms with van der Waals surface area (Å²) in [5.74, 6) is 1.37. The summed E-state index contributed by atoms with van der Waals surface area (Å²) >= 11 is 7.71. The standard InChI is InChI=1S/C15H19ClN2O2S/c1-10(2)18-6-11-4-12(16)5-14(19-3)15(11)20-8-13-7-17-9-21-13/h4-5,7,9-10,18H,6,8H2,1-3H3. The predicted octanol–water partition coefficient (Wildman–Crippen LogP) is 3.88. The lowest BCUT2D eigenvalue weighted by atomic mass is 10.1. The van der Waals surface area contributed by atoms with Crippen molar-refractivity contribution in [2.24, 2.45) is 0 Å². The summed E-state index contributed by atoms with van der Waals surface area (Å²) in [6.07, 6.45) is 1.80. The molecule has 0 saturated carbocycles. The quantitative estimate of drug-likeness (QED) is 0.838. The minimum absolute atomic E-state index is 0.379. The Morgan fingerprint density at radius 3 is 2.81 bits per heavy atom. The molecule has 0 radical (unpaired) electrons. The molecule has 0 spiro atoms. The van der Waals surface area contributed by atoms with Crippen LogP contribution in [-0.2, 0) is 13.2 Å². The summed E-state index contributed by atoms with van der Waals surface area (Å²) in [4.78, 5) is 5.11. The summed E-state index contributed by atoms with van der Waals surface area (Å²) in [5.41, 5.74) is 2.77. The molecule has 1 aromatic carbocycles. The van der Waals surface area contributed by atoms with Crippen LogP contribution in [0, 0.1) is 0 Å². The van der Waals surface area contributed by atoms with Gasteiger partial charge in [0.25, 0.3) is 0 Å². The van der Waals surface area contributed by atoms with Gasteiger partial charge >= 0.3 is 0 Å². The number of thiazole rings is 1. The van der Waals surface area contributed by atoms with Crippen LogP contribution < -0.4 is 14.8 Å². The molecule has 1 aromatic heterocycles. The zero-order chi connectivity index (χ0) is 15.2. The lowest BCUT2D eigenvalue weighted by Gasteiger charge is -2.17. The van der Waals surface area contributed by atoms with Crippen LogP contribution in [0.4, 0.5) is 0 Å². The first-order chi connectivity index (χ1) is 10.1. The van der Waals surface area contributed by atoms with Crippen molar-refractivity contribution in [1.29, 1.82) is 0 Å². The van der Waals surface area contributed by atoms with Crippen LogP contribution in [0.15, 0.2) is 23.8 Å². The maximum Gasteiger partial charge on any atom is 0.166 e. The molecule has 4 nitrogen and oxygen atoms in total. The minimum Gasteiger partial charge on any atom is -0.493 e. The molecule has 21 heavy (non-hydrogen) atoms. The van der Waals surface area contributed by atoms with E-state index in [-0.39, 0.29) is 0 Å². The first-order valence-corrected chi connectivity index (χ1v) is 7.96. The molecular weight excluding hydrogens is 308 g/mol. The fraction of sp³-hybridized carbons (Fsp3) is 0.400. The fourth-order valence-electron chi connectivity index (χ4n) is 1.84. The SMILES string of the molecule is COc1cc(Cl)cc(CNC(C)C)c1OCc1cncs1. The predicted molar refractivity (Wildman–Crippen MR) is 86.4 cm³/mol. The van der Waals surface area contributed by atoms with Crippen LogP contribution in [0.2, 0.25) is 5.02 Å². The number of rotatable bonds is 7. The van der Waals surface area contributed by atoms with Crippen molar-refractivity contribution in [3.05, 3.63) is 39.3 Å². The average molecular weight is 327 g/mol. The van der Waals surface area contributed by atoms with Gasteiger partial charge in [-0.15, -0.1) is 11.3 Å². The fourth-order valence-corrected chi connectivity index (χ4v) is 2.58. The highest BCUT2D eigenvalue weighted by molar-refractivity contribution is 7.09. The summed E-state index contributed by atoms with van der Waals surface area (Å²) in [7, 11) is 1.62. The van der Waals surface area contributed by atoms with Crippen molar-refractivity contribution in [2.45, 2.75) is 33.0 Å². The van der Waals surface area contributed by atoms with Gasteiger partial charge in [-0.3, -0.25) is 4.98 Å². The smallest absolute Gasteiger partial charge is 0.166 e. The first-order valence-electron chi connectivity index (χ1n) is 6.70. The van der Waals surface area contributed by atoms with Gasteiger partial charge in [0.05, 0.1) is 17.5 Å². The van der Waals surface area contributed by atoms with Gasteiger partial charge in [-0.1, -0.05) is 25.4 Å². The van der Waals surface area contributed by atoms with Gasteiger partial charge < -0.3 is 14.8 Å². The molecule has 2 rings (SSSR count). The van der Waals surface area contributed by atoms with Crippen LogP contribution in [0.1, 0.15) is 24.3 Å². The first kappa shape index (κ1) is 16.1. The maximum atomic E-state index is 6.14. The van der Waals surface area contributed by atoms with Crippen molar-refractivity contribution in [3.8, 4) is 11.5 Å². The van der Waals surface area contributed by atoms with Crippen LogP contribution in [-0.4, -0.2) is 18.1 Å². The minimum atomic E-state index is 0.379. The Kier molecular flexibility index (Phi) is 5.85. The number of halogens is 1. The Morgan fingerprint density at radius 1 is 1.38 bits per heavy atom. The molecule has 0 unspecified atom stereocenters. The van der Waals surface area contributed by atoms with Gasteiger partial charge in [0, 0.05) is 35.4 Å².